The quantitative estimate of drug-likeness (QED) is 0.784. The van der Waals surface area contributed by atoms with Crippen LogP contribution in [-0.4, -0.2) is 48.1 Å². The number of fused-ring (bicyclic) bond motifs is 2. The highest BCUT2D eigenvalue weighted by molar-refractivity contribution is 6.09. The number of ether oxygens (including phenoxy) is 2. The molecular weight excluding hydrogens is 304 g/mol. The topological polar surface area (TPSA) is 63.3 Å². The van der Waals surface area contributed by atoms with Crippen LogP contribution in [0.4, 0.5) is 5.69 Å². The average Bonchev–Trinajstić information content (AvgIpc) is 2.94. The van der Waals surface area contributed by atoms with Crippen molar-refractivity contribution in [3.05, 3.63) is 23.4 Å². The number of aromatic nitrogens is 3. The number of benzene rings is 1. The zero-order valence-electron chi connectivity index (χ0n) is 14.5. The molecule has 1 unspecified atom stereocenters. The first-order chi connectivity index (χ1) is 11.6. The minimum absolute atomic E-state index is 0.205. The van der Waals surface area contributed by atoms with Crippen molar-refractivity contribution in [1.82, 2.24) is 15.2 Å². The monoisotopic (exact) mass is 326 g/mol. The summed E-state index contributed by atoms with van der Waals surface area (Å²) in [4.78, 5) is 7.18. The second kappa shape index (κ2) is 5.63. The second-order valence-corrected chi connectivity index (χ2v) is 6.48. The Labute approximate surface area is 140 Å². The minimum atomic E-state index is 0.205. The number of pyridine rings is 1. The summed E-state index contributed by atoms with van der Waals surface area (Å²) in [7, 11) is 1.70. The van der Waals surface area contributed by atoms with Gasteiger partial charge in [0.15, 0.2) is 5.65 Å². The first-order valence-electron chi connectivity index (χ1n) is 8.28. The number of rotatable bonds is 2. The number of aromatic amines is 1. The Morgan fingerprint density at radius 1 is 1.33 bits per heavy atom. The predicted molar refractivity (Wildman–Crippen MR) is 95.0 cm³/mol. The number of nitrogens with one attached hydrogen (secondary N) is 1. The largest absolute Gasteiger partial charge is 0.497 e. The van der Waals surface area contributed by atoms with Crippen LogP contribution in [0.15, 0.2) is 12.1 Å². The molecule has 1 N–H and O–H groups in total. The van der Waals surface area contributed by atoms with Gasteiger partial charge in [-0.3, -0.25) is 5.10 Å². The molecule has 3 aromatic rings. The maximum absolute atomic E-state index is 5.73. The maximum Gasteiger partial charge on any atom is 0.183 e. The van der Waals surface area contributed by atoms with Crippen LogP contribution in [0.2, 0.25) is 0 Å². The zero-order valence-corrected chi connectivity index (χ0v) is 14.5. The second-order valence-electron chi connectivity index (χ2n) is 6.48. The Hall–Kier alpha value is -2.34. The van der Waals surface area contributed by atoms with Gasteiger partial charge in [-0.15, -0.1) is 0 Å². The minimum Gasteiger partial charge on any atom is -0.497 e. The van der Waals surface area contributed by atoms with Gasteiger partial charge in [-0.2, -0.15) is 5.10 Å². The van der Waals surface area contributed by atoms with Gasteiger partial charge in [-0.1, -0.05) is 0 Å². The molecule has 0 saturated carbocycles. The summed E-state index contributed by atoms with van der Waals surface area (Å²) in [5, 5.41) is 9.69. The number of H-pyrrole nitrogens is 1. The molecule has 1 atom stereocenters. The van der Waals surface area contributed by atoms with Crippen LogP contribution in [0, 0.1) is 13.8 Å². The molecule has 2 aromatic heterocycles. The normalized spacial score (nSPS) is 18.5. The molecule has 0 aliphatic carbocycles. The molecule has 1 aliphatic rings. The van der Waals surface area contributed by atoms with Crippen LogP contribution in [0.1, 0.15) is 18.2 Å². The highest BCUT2D eigenvalue weighted by Crippen LogP contribution is 2.38. The summed E-state index contributed by atoms with van der Waals surface area (Å²) in [6.45, 7) is 8.67. The van der Waals surface area contributed by atoms with Crippen LogP contribution in [0.5, 0.6) is 5.75 Å². The van der Waals surface area contributed by atoms with E-state index in [1.165, 1.54) is 5.69 Å². The molecule has 3 heterocycles. The average molecular weight is 326 g/mol. The van der Waals surface area contributed by atoms with Crippen LogP contribution in [0.25, 0.3) is 21.9 Å². The fraction of sp³-hybridized carbons (Fsp3) is 0.444. The summed E-state index contributed by atoms with van der Waals surface area (Å²) in [6.07, 6.45) is 0.205. The van der Waals surface area contributed by atoms with Gasteiger partial charge in [0.25, 0.3) is 0 Å². The van der Waals surface area contributed by atoms with Crippen LogP contribution < -0.4 is 9.64 Å². The lowest BCUT2D eigenvalue weighted by atomic mass is 10.0. The Bertz CT molecular complexity index is 918. The van der Waals surface area contributed by atoms with E-state index in [1.54, 1.807) is 7.11 Å². The Morgan fingerprint density at radius 2 is 2.17 bits per heavy atom. The first kappa shape index (κ1) is 15.2. The summed E-state index contributed by atoms with van der Waals surface area (Å²) in [6, 6.07) is 4.10. The van der Waals surface area contributed by atoms with E-state index < -0.39 is 0 Å². The fourth-order valence-electron chi connectivity index (χ4n) is 3.56. The standard InChI is InChI=1S/C18H22N4O2/c1-10-7-13(23-4)8-14-16(10)19-18-15(12(3)20-21-18)17(14)22-5-6-24-11(2)9-22/h7-8,11H,5-6,9H2,1-4H3,(H,19,20,21). The molecular formula is C18H22N4O2. The van der Waals surface area contributed by atoms with Crippen molar-refractivity contribution in [3.63, 3.8) is 0 Å². The molecule has 6 heteroatoms. The highest BCUT2D eigenvalue weighted by atomic mass is 16.5. The maximum atomic E-state index is 5.73. The van der Waals surface area contributed by atoms with Gasteiger partial charge in [0.2, 0.25) is 0 Å². The van der Waals surface area contributed by atoms with Crippen LogP contribution in [0.3, 0.4) is 0 Å². The van der Waals surface area contributed by atoms with E-state index >= 15 is 0 Å². The molecule has 4 rings (SSSR count). The Kier molecular flexibility index (Phi) is 3.57. The molecule has 0 radical (unpaired) electrons. The lowest BCUT2D eigenvalue weighted by Gasteiger charge is -2.34. The van der Waals surface area contributed by atoms with E-state index in [2.05, 4.69) is 35.0 Å². The Morgan fingerprint density at radius 3 is 2.92 bits per heavy atom. The molecule has 1 fully saturated rings. The van der Waals surface area contributed by atoms with Crippen molar-refractivity contribution < 1.29 is 9.47 Å². The number of hydrogen-bond donors (Lipinski definition) is 1. The van der Waals surface area contributed by atoms with E-state index in [0.29, 0.717) is 0 Å². The van der Waals surface area contributed by atoms with Crippen LogP contribution >= 0.6 is 0 Å². The molecule has 24 heavy (non-hydrogen) atoms. The van der Waals surface area contributed by atoms with Crippen LogP contribution in [-0.2, 0) is 4.74 Å². The van der Waals surface area contributed by atoms with Gasteiger partial charge < -0.3 is 14.4 Å². The number of anilines is 1. The number of morpholine rings is 1. The van der Waals surface area contributed by atoms with Crippen molar-refractivity contribution in [2.24, 2.45) is 0 Å². The summed E-state index contributed by atoms with van der Waals surface area (Å²) >= 11 is 0. The van der Waals surface area contributed by atoms with Crippen molar-refractivity contribution in [3.8, 4) is 5.75 Å². The SMILES string of the molecule is COc1cc(C)c2nc3n[nH]c(C)c3c(N3CCOC(C)C3)c2c1. The lowest BCUT2D eigenvalue weighted by Crippen LogP contribution is -2.41. The third-order valence-electron chi connectivity index (χ3n) is 4.70. The summed E-state index contributed by atoms with van der Waals surface area (Å²) < 4.78 is 11.2. The zero-order chi connectivity index (χ0) is 16.8. The van der Waals surface area contributed by atoms with Gasteiger partial charge in [-0.25, -0.2) is 4.98 Å². The molecule has 1 saturated heterocycles. The summed E-state index contributed by atoms with van der Waals surface area (Å²) in [5.41, 5.74) is 5.05. The molecule has 1 aromatic carbocycles. The van der Waals surface area contributed by atoms with Gasteiger partial charge in [-0.05, 0) is 38.5 Å². The van der Waals surface area contributed by atoms with E-state index in [4.69, 9.17) is 14.5 Å². The van der Waals surface area contributed by atoms with E-state index in [1.807, 2.05) is 13.0 Å². The first-order valence-corrected chi connectivity index (χ1v) is 8.28. The van der Waals surface area contributed by atoms with E-state index in [-0.39, 0.29) is 6.10 Å². The lowest BCUT2D eigenvalue weighted by molar-refractivity contribution is 0.0534. The third-order valence-corrected chi connectivity index (χ3v) is 4.70. The van der Waals surface area contributed by atoms with Gasteiger partial charge in [0.05, 0.1) is 36.4 Å². The molecule has 0 bridgehead atoms. The number of methoxy groups -OCH3 is 1. The molecule has 126 valence electrons. The number of aryl methyl sites for hydroxylation is 2. The van der Waals surface area contributed by atoms with E-state index in [0.717, 1.165) is 58.6 Å². The van der Waals surface area contributed by atoms with Crippen molar-refractivity contribution >= 4 is 27.6 Å². The van der Waals surface area contributed by atoms with E-state index in [9.17, 15) is 0 Å². The Balaban J connectivity index is 2.08. The summed E-state index contributed by atoms with van der Waals surface area (Å²) in [5.74, 6) is 0.852. The molecule has 1 aliphatic heterocycles. The molecule has 0 spiro atoms. The molecule has 0 amide bonds. The van der Waals surface area contributed by atoms with Gasteiger partial charge in [0.1, 0.15) is 5.75 Å². The molecule has 6 nitrogen and oxygen atoms in total. The highest BCUT2D eigenvalue weighted by Gasteiger charge is 2.24. The smallest absolute Gasteiger partial charge is 0.183 e. The third kappa shape index (κ3) is 2.29. The number of hydrogen-bond acceptors (Lipinski definition) is 5. The van der Waals surface area contributed by atoms with Gasteiger partial charge in [0, 0.05) is 24.2 Å². The van der Waals surface area contributed by atoms with Crippen molar-refractivity contribution in [1.29, 1.82) is 0 Å². The van der Waals surface area contributed by atoms with Crippen molar-refractivity contribution in [2.75, 3.05) is 31.7 Å². The van der Waals surface area contributed by atoms with Gasteiger partial charge >= 0.3 is 0 Å². The van der Waals surface area contributed by atoms with Crippen molar-refractivity contribution in [2.45, 2.75) is 26.9 Å². The predicted octanol–water partition coefficient (Wildman–Crippen LogP) is 2.96. The fourth-order valence-corrected chi connectivity index (χ4v) is 3.56. The number of nitrogens with zero attached hydrogens (tertiary/aromatic N) is 3.